The van der Waals surface area contributed by atoms with Gasteiger partial charge in [0.15, 0.2) is 0 Å². The summed E-state index contributed by atoms with van der Waals surface area (Å²) in [7, 11) is 0. The van der Waals surface area contributed by atoms with Gasteiger partial charge in [-0.2, -0.15) is 0 Å². The van der Waals surface area contributed by atoms with Crippen LogP contribution < -0.4 is 5.32 Å². The average molecular weight is 407 g/mol. The van der Waals surface area contributed by atoms with E-state index < -0.39 is 0 Å². The Kier molecular flexibility index (Phi) is 4.60. The summed E-state index contributed by atoms with van der Waals surface area (Å²) >= 11 is 12.3. The van der Waals surface area contributed by atoms with Crippen LogP contribution in [0.5, 0.6) is 0 Å². The van der Waals surface area contributed by atoms with Gasteiger partial charge in [0, 0.05) is 14.0 Å². The van der Waals surface area contributed by atoms with Gasteiger partial charge in [-0.3, -0.25) is 4.79 Å². The molecule has 2 rings (SSSR count). The second-order valence-corrected chi connectivity index (χ2v) is 5.85. The number of nitrogens with one attached hydrogen (secondary N) is 1. The highest BCUT2D eigenvalue weighted by Gasteiger charge is 2.12. The number of carbonyl (C=O) groups is 1. The smallest absolute Gasteiger partial charge is 0.256 e. The molecule has 0 saturated carbocycles. The lowest BCUT2D eigenvalue weighted by atomic mass is 10.2. The molecular formula is C13H7Br2ClFNO. The normalized spacial score (nSPS) is 10.3. The number of anilines is 1. The average Bonchev–Trinajstić information content (AvgIpc) is 2.32. The molecule has 0 aromatic heterocycles. The van der Waals surface area contributed by atoms with E-state index in [1.807, 2.05) is 0 Å². The minimum atomic E-state index is -0.377. The number of hydrogen-bond acceptors (Lipinski definition) is 1. The number of carbonyl (C=O) groups excluding carboxylic acids is 1. The van der Waals surface area contributed by atoms with Crippen LogP contribution >= 0.6 is 43.5 Å². The summed E-state index contributed by atoms with van der Waals surface area (Å²) in [4.78, 5) is 12.1. The summed E-state index contributed by atoms with van der Waals surface area (Å²) in [6, 6.07) is 8.92. The monoisotopic (exact) mass is 405 g/mol. The molecule has 0 aliphatic rings. The first-order valence-electron chi connectivity index (χ1n) is 5.19. The molecule has 2 nitrogen and oxygen atoms in total. The summed E-state index contributed by atoms with van der Waals surface area (Å²) in [6.45, 7) is 0. The minimum Gasteiger partial charge on any atom is -0.321 e. The van der Waals surface area contributed by atoms with Crippen molar-refractivity contribution in [1.29, 1.82) is 0 Å². The predicted octanol–water partition coefficient (Wildman–Crippen LogP) is 5.26. The van der Waals surface area contributed by atoms with E-state index in [-0.39, 0.29) is 11.7 Å². The highest BCUT2D eigenvalue weighted by atomic mass is 79.9. The Morgan fingerprint density at radius 1 is 1.11 bits per heavy atom. The maximum atomic E-state index is 13.0. The van der Waals surface area contributed by atoms with Crippen molar-refractivity contribution < 1.29 is 9.18 Å². The topological polar surface area (TPSA) is 29.1 Å². The third-order valence-electron chi connectivity index (χ3n) is 2.36. The van der Waals surface area contributed by atoms with E-state index in [4.69, 9.17) is 11.6 Å². The van der Waals surface area contributed by atoms with Crippen LogP contribution in [0.2, 0.25) is 5.02 Å². The maximum Gasteiger partial charge on any atom is 0.256 e. The minimum absolute atomic E-state index is 0.309. The van der Waals surface area contributed by atoms with Gasteiger partial charge >= 0.3 is 0 Å². The fraction of sp³-hybridized carbons (Fsp3) is 0. The highest BCUT2D eigenvalue weighted by Crippen LogP contribution is 2.26. The van der Waals surface area contributed by atoms with Crippen molar-refractivity contribution in [2.24, 2.45) is 0 Å². The number of rotatable bonds is 2. The van der Waals surface area contributed by atoms with E-state index in [0.29, 0.717) is 25.2 Å². The molecule has 0 heterocycles. The lowest BCUT2D eigenvalue weighted by Gasteiger charge is -2.09. The van der Waals surface area contributed by atoms with Crippen molar-refractivity contribution >= 4 is 55.1 Å². The van der Waals surface area contributed by atoms with Crippen molar-refractivity contribution in [3.63, 3.8) is 0 Å². The molecular weight excluding hydrogens is 400 g/mol. The third kappa shape index (κ3) is 3.55. The molecule has 0 atom stereocenters. The Bertz CT molecular complexity index is 649. The first-order chi connectivity index (χ1) is 8.97. The molecule has 0 fully saturated rings. The molecule has 2 aromatic carbocycles. The molecule has 6 heteroatoms. The van der Waals surface area contributed by atoms with Gasteiger partial charge < -0.3 is 5.32 Å². The molecule has 0 bridgehead atoms. The van der Waals surface area contributed by atoms with Gasteiger partial charge in [-0.15, -0.1) is 0 Å². The Balaban J connectivity index is 2.25. The van der Waals surface area contributed by atoms with E-state index >= 15 is 0 Å². The molecule has 0 radical (unpaired) electrons. The molecule has 19 heavy (non-hydrogen) atoms. The van der Waals surface area contributed by atoms with Crippen LogP contribution in [0.3, 0.4) is 0 Å². The quantitative estimate of drug-likeness (QED) is 0.723. The van der Waals surface area contributed by atoms with Crippen molar-refractivity contribution in [2.75, 3.05) is 5.32 Å². The summed E-state index contributed by atoms with van der Waals surface area (Å²) in [6.07, 6.45) is 0. The molecule has 0 aliphatic carbocycles. The number of hydrogen-bond donors (Lipinski definition) is 1. The standard InChI is InChI=1S/C13H7Br2ClFNO/c14-10-5-7(16)1-3-9(10)13(19)18-12-4-2-8(17)6-11(12)15/h1-6H,(H,18,19). The van der Waals surface area contributed by atoms with Crippen LogP contribution in [0.1, 0.15) is 10.4 Å². The molecule has 0 aliphatic heterocycles. The molecule has 1 amide bonds. The van der Waals surface area contributed by atoms with Crippen molar-refractivity contribution in [3.05, 3.63) is 61.7 Å². The van der Waals surface area contributed by atoms with Crippen LogP contribution in [0.4, 0.5) is 10.1 Å². The molecule has 2 aromatic rings. The first kappa shape index (κ1) is 14.5. The lowest BCUT2D eigenvalue weighted by molar-refractivity contribution is 0.102. The molecule has 0 spiro atoms. The molecule has 0 saturated heterocycles. The van der Waals surface area contributed by atoms with Crippen LogP contribution in [-0.4, -0.2) is 5.91 Å². The Morgan fingerprint density at radius 2 is 1.84 bits per heavy atom. The fourth-order valence-corrected chi connectivity index (χ4v) is 2.77. The van der Waals surface area contributed by atoms with Crippen LogP contribution in [0, 0.1) is 5.82 Å². The van der Waals surface area contributed by atoms with E-state index in [1.165, 1.54) is 18.2 Å². The lowest BCUT2D eigenvalue weighted by Crippen LogP contribution is -2.13. The zero-order chi connectivity index (χ0) is 14.0. The highest BCUT2D eigenvalue weighted by molar-refractivity contribution is 9.11. The summed E-state index contributed by atoms with van der Waals surface area (Å²) in [5, 5.41) is 3.22. The van der Waals surface area contributed by atoms with Gasteiger partial charge in [-0.05, 0) is 68.3 Å². The van der Waals surface area contributed by atoms with E-state index in [2.05, 4.69) is 37.2 Å². The largest absolute Gasteiger partial charge is 0.321 e. The second kappa shape index (κ2) is 6.03. The van der Waals surface area contributed by atoms with E-state index in [1.54, 1.807) is 18.2 Å². The van der Waals surface area contributed by atoms with E-state index in [9.17, 15) is 9.18 Å². The second-order valence-electron chi connectivity index (χ2n) is 3.70. The van der Waals surface area contributed by atoms with Crippen molar-refractivity contribution in [2.45, 2.75) is 0 Å². The SMILES string of the molecule is O=C(Nc1ccc(F)cc1Br)c1ccc(Cl)cc1Br. The fourth-order valence-electron chi connectivity index (χ4n) is 1.45. The zero-order valence-electron chi connectivity index (χ0n) is 9.38. The first-order valence-corrected chi connectivity index (χ1v) is 7.15. The predicted molar refractivity (Wildman–Crippen MR) is 81.2 cm³/mol. The van der Waals surface area contributed by atoms with Crippen LogP contribution in [0.25, 0.3) is 0 Å². The Labute approximate surface area is 131 Å². The summed E-state index contributed by atoms with van der Waals surface area (Å²) in [5.74, 6) is -0.687. The molecule has 0 unspecified atom stereocenters. The van der Waals surface area contributed by atoms with E-state index in [0.717, 1.165) is 0 Å². The Hall–Kier alpha value is -0.910. The van der Waals surface area contributed by atoms with Crippen LogP contribution in [0.15, 0.2) is 45.3 Å². The van der Waals surface area contributed by atoms with Gasteiger partial charge in [0.25, 0.3) is 5.91 Å². The number of amides is 1. The van der Waals surface area contributed by atoms with Crippen LogP contribution in [-0.2, 0) is 0 Å². The van der Waals surface area contributed by atoms with Gasteiger partial charge in [-0.1, -0.05) is 11.6 Å². The van der Waals surface area contributed by atoms with Gasteiger partial charge in [0.2, 0.25) is 0 Å². The van der Waals surface area contributed by atoms with Gasteiger partial charge in [0.05, 0.1) is 11.3 Å². The summed E-state index contributed by atoms with van der Waals surface area (Å²) in [5.41, 5.74) is 0.939. The van der Waals surface area contributed by atoms with Gasteiger partial charge in [0.1, 0.15) is 5.82 Å². The summed E-state index contributed by atoms with van der Waals surface area (Å²) < 4.78 is 14.0. The number of halogens is 4. The van der Waals surface area contributed by atoms with Gasteiger partial charge in [-0.25, -0.2) is 4.39 Å². The van der Waals surface area contributed by atoms with Crippen molar-refractivity contribution in [3.8, 4) is 0 Å². The number of benzene rings is 2. The third-order valence-corrected chi connectivity index (χ3v) is 3.90. The molecule has 98 valence electrons. The zero-order valence-corrected chi connectivity index (χ0v) is 13.3. The van der Waals surface area contributed by atoms with Crippen molar-refractivity contribution in [1.82, 2.24) is 0 Å². The molecule has 1 N–H and O–H groups in total. The maximum absolute atomic E-state index is 13.0. The Morgan fingerprint density at radius 3 is 2.47 bits per heavy atom.